The van der Waals surface area contributed by atoms with Gasteiger partial charge in [-0.1, -0.05) is 6.07 Å². The van der Waals surface area contributed by atoms with Gasteiger partial charge in [0.25, 0.3) is 11.6 Å². The maximum atomic E-state index is 12.0. The van der Waals surface area contributed by atoms with Crippen LogP contribution in [0.4, 0.5) is 10.5 Å². The highest BCUT2D eigenvalue weighted by Crippen LogP contribution is 2.25. The number of carbonyl (C=O) groups excluding carboxylic acids is 2. The molecule has 1 N–H and O–H groups in total. The van der Waals surface area contributed by atoms with Gasteiger partial charge in [0.2, 0.25) is 0 Å². The number of hydrogen-bond donors (Lipinski definition) is 1. The second-order valence-electron chi connectivity index (χ2n) is 5.79. The number of amides is 3. The number of nitrogens with zero attached hydrogens (tertiary/aromatic N) is 3. The second kappa shape index (κ2) is 5.90. The number of likely N-dealkylation sites (N-methyl/N-ethyl adjacent to an activating group) is 1. The number of imide groups is 1. The third-order valence-corrected chi connectivity index (χ3v) is 4.15. The normalized spacial score (nSPS) is 15.8. The van der Waals surface area contributed by atoms with Gasteiger partial charge >= 0.3 is 6.03 Å². The number of nitro benzene ring substituents is 1. The Morgan fingerprint density at radius 1 is 1.20 bits per heavy atom. The van der Waals surface area contributed by atoms with Crippen molar-refractivity contribution >= 4 is 23.7 Å². The van der Waals surface area contributed by atoms with E-state index in [0.29, 0.717) is 5.69 Å². The molecule has 0 spiro atoms. The van der Waals surface area contributed by atoms with E-state index in [1.165, 1.54) is 19.2 Å². The van der Waals surface area contributed by atoms with E-state index in [0.717, 1.165) is 21.9 Å². The van der Waals surface area contributed by atoms with Crippen molar-refractivity contribution in [1.82, 2.24) is 14.8 Å². The number of carbonyl (C=O) groups is 2. The monoisotopic (exact) mass is 340 g/mol. The summed E-state index contributed by atoms with van der Waals surface area (Å²) in [4.78, 5) is 35.1. The Labute approximate surface area is 143 Å². The van der Waals surface area contributed by atoms with Crippen LogP contribution in [0.2, 0.25) is 0 Å². The molecular weight excluding hydrogens is 324 g/mol. The zero-order valence-electron chi connectivity index (χ0n) is 13.9. The van der Waals surface area contributed by atoms with Gasteiger partial charge in [-0.25, -0.2) is 4.79 Å². The summed E-state index contributed by atoms with van der Waals surface area (Å²) < 4.78 is 1.87. The van der Waals surface area contributed by atoms with Gasteiger partial charge in [0.1, 0.15) is 5.70 Å². The lowest BCUT2D eigenvalue weighted by Crippen LogP contribution is -2.25. The van der Waals surface area contributed by atoms with Crippen molar-refractivity contribution in [2.75, 3.05) is 7.05 Å². The van der Waals surface area contributed by atoms with Gasteiger partial charge in [-0.2, -0.15) is 0 Å². The summed E-state index contributed by atoms with van der Waals surface area (Å²) in [6.45, 7) is 3.72. The lowest BCUT2D eigenvalue weighted by atomic mass is 10.2. The number of rotatable bonds is 3. The molecule has 1 aromatic carbocycles. The van der Waals surface area contributed by atoms with Crippen LogP contribution in [0.15, 0.2) is 36.0 Å². The maximum absolute atomic E-state index is 12.0. The quantitative estimate of drug-likeness (QED) is 0.402. The van der Waals surface area contributed by atoms with Crippen molar-refractivity contribution in [1.29, 1.82) is 0 Å². The first-order valence-corrected chi connectivity index (χ1v) is 7.54. The van der Waals surface area contributed by atoms with Crippen molar-refractivity contribution in [2.24, 2.45) is 0 Å². The van der Waals surface area contributed by atoms with E-state index in [-0.39, 0.29) is 11.4 Å². The van der Waals surface area contributed by atoms with E-state index in [2.05, 4.69) is 5.32 Å². The molecule has 25 heavy (non-hydrogen) atoms. The smallest absolute Gasteiger partial charge is 0.318 e. The Morgan fingerprint density at radius 3 is 2.52 bits per heavy atom. The third-order valence-electron chi connectivity index (χ3n) is 4.15. The first-order chi connectivity index (χ1) is 11.8. The van der Waals surface area contributed by atoms with Gasteiger partial charge in [0, 0.05) is 30.6 Å². The molecule has 2 aromatic rings. The fraction of sp³-hybridized carbons (Fsp3) is 0.176. The Morgan fingerprint density at radius 2 is 1.92 bits per heavy atom. The molecular formula is C17H16N4O4. The van der Waals surface area contributed by atoms with Crippen molar-refractivity contribution in [3.8, 4) is 5.69 Å². The molecule has 0 saturated carbocycles. The van der Waals surface area contributed by atoms with Crippen LogP contribution in [0.5, 0.6) is 0 Å². The van der Waals surface area contributed by atoms with Crippen molar-refractivity contribution in [3.63, 3.8) is 0 Å². The van der Waals surface area contributed by atoms with Gasteiger partial charge in [0.15, 0.2) is 0 Å². The Balaban J connectivity index is 2.06. The average molecular weight is 340 g/mol. The molecule has 3 rings (SSSR count). The summed E-state index contributed by atoms with van der Waals surface area (Å²) in [5, 5.41) is 13.5. The molecule has 8 nitrogen and oxygen atoms in total. The number of nitrogens with one attached hydrogen (secondary N) is 1. The van der Waals surface area contributed by atoms with Crippen LogP contribution in [0.3, 0.4) is 0 Å². The maximum Gasteiger partial charge on any atom is 0.328 e. The number of aryl methyl sites for hydroxylation is 1. The minimum atomic E-state index is -0.469. The van der Waals surface area contributed by atoms with Crippen LogP contribution in [-0.4, -0.2) is 33.4 Å². The molecule has 1 saturated heterocycles. The van der Waals surface area contributed by atoms with Crippen molar-refractivity contribution in [3.05, 3.63) is 63.1 Å². The minimum Gasteiger partial charge on any atom is -0.318 e. The highest BCUT2D eigenvalue weighted by atomic mass is 16.6. The number of nitro groups is 1. The number of urea groups is 1. The fourth-order valence-electron chi connectivity index (χ4n) is 2.86. The summed E-state index contributed by atoms with van der Waals surface area (Å²) in [5.41, 5.74) is 3.28. The predicted molar refractivity (Wildman–Crippen MR) is 91.2 cm³/mol. The number of non-ortho nitro benzene ring substituents is 1. The van der Waals surface area contributed by atoms with E-state index >= 15 is 0 Å². The van der Waals surface area contributed by atoms with Gasteiger partial charge in [-0.05, 0) is 37.6 Å². The van der Waals surface area contributed by atoms with E-state index in [1.807, 2.05) is 24.5 Å². The summed E-state index contributed by atoms with van der Waals surface area (Å²) >= 11 is 0. The topological polar surface area (TPSA) is 97.5 Å². The molecule has 0 aliphatic carbocycles. The summed E-state index contributed by atoms with van der Waals surface area (Å²) in [6.07, 6.45) is 1.61. The van der Waals surface area contributed by atoms with Crippen molar-refractivity contribution in [2.45, 2.75) is 13.8 Å². The van der Waals surface area contributed by atoms with Crippen LogP contribution in [0.25, 0.3) is 11.8 Å². The van der Waals surface area contributed by atoms with E-state index in [1.54, 1.807) is 18.2 Å². The molecule has 0 bridgehead atoms. The first-order valence-electron chi connectivity index (χ1n) is 7.54. The van der Waals surface area contributed by atoms with Crippen molar-refractivity contribution < 1.29 is 14.5 Å². The molecule has 3 amide bonds. The second-order valence-corrected chi connectivity index (χ2v) is 5.79. The fourth-order valence-corrected chi connectivity index (χ4v) is 2.86. The molecule has 128 valence electrons. The lowest BCUT2D eigenvalue weighted by Gasteiger charge is -2.09. The number of aromatic nitrogens is 1. The molecule has 8 heteroatoms. The van der Waals surface area contributed by atoms with Crippen LogP contribution in [0, 0.1) is 24.0 Å². The van der Waals surface area contributed by atoms with Gasteiger partial charge < -0.3 is 9.88 Å². The third kappa shape index (κ3) is 2.78. The molecule has 0 atom stereocenters. The minimum absolute atomic E-state index is 0.00441. The molecule has 1 aromatic heterocycles. The highest BCUT2D eigenvalue weighted by molar-refractivity contribution is 6.13. The molecule has 2 heterocycles. The lowest BCUT2D eigenvalue weighted by molar-refractivity contribution is -0.384. The molecule has 0 unspecified atom stereocenters. The van der Waals surface area contributed by atoms with Gasteiger partial charge in [-0.15, -0.1) is 0 Å². The Kier molecular flexibility index (Phi) is 3.88. The van der Waals surface area contributed by atoms with Crippen LogP contribution < -0.4 is 5.32 Å². The highest BCUT2D eigenvalue weighted by Gasteiger charge is 2.30. The molecule has 1 aliphatic rings. The molecule has 0 radical (unpaired) electrons. The Hall–Kier alpha value is -3.42. The van der Waals surface area contributed by atoms with Gasteiger partial charge in [0.05, 0.1) is 10.6 Å². The average Bonchev–Trinajstić information content (AvgIpc) is 2.98. The van der Waals surface area contributed by atoms with Crippen LogP contribution >= 0.6 is 0 Å². The van der Waals surface area contributed by atoms with E-state index in [9.17, 15) is 19.7 Å². The van der Waals surface area contributed by atoms with E-state index < -0.39 is 16.9 Å². The Bertz CT molecular complexity index is 942. The summed E-state index contributed by atoms with van der Waals surface area (Å²) in [6, 6.07) is 7.72. The standard InChI is InChI=1S/C17H16N4O4/c1-10-7-12(8-15-16(22)19(3)17(23)18-15)11(2)20(10)13-5-4-6-14(9-13)21(24)25/h4-9H,1-3H3,(H,18,23)/b15-8+. The van der Waals surface area contributed by atoms with Crippen LogP contribution in [-0.2, 0) is 4.79 Å². The largest absolute Gasteiger partial charge is 0.328 e. The summed E-state index contributed by atoms with van der Waals surface area (Å²) in [5.74, 6) is -0.398. The zero-order valence-corrected chi connectivity index (χ0v) is 13.9. The SMILES string of the molecule is Cc1cc(/C=C2/NC(=O)N(C)C2=O)c(C)n1-c1cccc([N+](=O)[O-])c1. The summed E-state index contributed by atoms with van der Waals surface area (Å²) in [7, 11) is 1.41. The molecule has 1 fully saturated rings. The number of hydrogen-bond acceptors (Lipinski definition) is 4. The van der Waals surface area contributed by atoms with Crippen LogP contribution in [0.1, 0.15) is 17.0 Å². The number of benzene rings is 1. The predicted octanol–water partition coefficient (Wildman–Crippen LogP) is 2.52. The molecule has 1 aliphatic heterocycles. The zero-order chi connectivity index (χ0) is 18.3. The van der Waals surface area contributed by atoms with E-state index in [4.69, 9.17) is 0 Å². The first kappa shape index (κ1) is 16.4. The van der Waals surface area contributed by atoms with Gasteiger partial charge in [-0.3, -0.25) is 19.8 Å².